The number of rotatable bonds is 5. The van der Waals surface area contributed by atoms with Crippen LogP contribution in [0.2, 0.25) is 0 Å². The molecular weight excluding hydrogens is 278 g/mol. The molecule has 1 heterocycles. The summed E-state index contributed by atoms with van der Waals surface area (Å²) in [6.45, 7) is 3.20. The summed E-state index contributed by atoms with van der Waals surface area (Å²) in [6, 6.07) is 4.91. The SMILES string of the molecule is CN1CCC(CN(C)c2ccc([N+](=O)[O-])cc2CCl)C1. The van der Waals surface area contributed by atoms with Crippen LogP contribution in [0.3, 0.4) is 0 Å². The minimum Gasteiger partial charge on any atom is -0.374 e. The van der Waals surface area contributed by atoms with Crippen molar-refractivity contribution in [3.05, 3.63) is 33.9 Å². The van der Waals surface area contributed by atoms with Gasteiger partial charge in [-0.2, -0.15) is 0 Å². The fourth-order valence-electron chi connectivity index (χ4n) is 2.83. The van der Waals surface area contributed by atoms with Gasteiger partial charge in [-0.05, 0) is 37.6 Å². The molecule has 0 amide bonds. The number of nitro groups is 1. The van der Waals surface area contributed by atoms with Gasteiger partial charge >= 0.3 is 0 Å². The summed E-state index contributed by atoms with van der Waals surface area (Å²) in [7, 11) is 4.16. The van der Waals surface area contributed by atoms with E-state index in [1.165, 1.54) is 6.42 Å². The van der Waals surface area contributed by atoms with Gasteiger partial charge in [0.1, 0.15) is 0 Å². The van der Waals surface area contributed by atoms with Gasteiger partial charge in [0.05, 0.1) is 4.92 Å². The van der Waals surface area contributed by atoms with Crippen molar-refractivity contribution in [2.75, 3.05) is 38.6 Å². The van der Waals surface area contributed by atoms with Gasteiger partial charge in [-0.1, -0.05) is 0 Å². The average molecular weight is 298 g/mol. The van der Waals surface area contributed by atoms with Crippen LogP contribution in [0.15, 0.2) is 18.2 Å². The number of non-ortho nitro benzene ring substituents is 1. The van der Waals surface area contributed by atoms with Gasteiger partial charge in [-0.15, -0.1) is 11.6 Å². The number of likely N-dealkylation sites (tertiary alicyclic amines) is 1. The smallest absolute Gasteiger partial charge is 0.269 e. The van der Waals surface area contributed by atoms with Crippen molar-refractivity contribution >= 4 is 23.0 Å². The highest BCUT2D eigenvalue weighted by Crippen LogP contribution is 2.27. The molecule has 2 rings (SSSR count). The van der Waals surface area contributed by atoms with E-state index in [4.69, 9.17) is 11.6 Å². The van der Waals surface area contributed by atoms with Crippen molar-refractivity contribution in [1.29, 1.82) is 0 Å². The van der Waals surface area contributed by atoms with E-state index in [0.717, 1.165) is 30.9 Å². The van der Waals surface area contributed by atoms with Crippen molar-refractivity contribution in [3.8, 4) is 0 Å². The Labute approximate surface area is 124 Å². The summed E-state index contributed by atoms with van der Waals surface area (Å²) in [4.78, 5) is 14.9. The van der Waals surface area contributed by atoms with Crippen LogP contribution in [0.5, 0.6) is 0 Å². The predicted molar refractivity (Wildman–Crippen MR) is 81.5 cm³/mol. The molecule has 0 aromatic heterocycles. The quantitative estimate of drug-likeness (QED) is 0.476. The molecular formula is C14H20ClN3O2. The third kappa shape index (κ3) is 3.41. The summed E-state index contributed by atoms with van der Waals surface area (Å²) >= 11 is 5.94. The summed E-state index contributed by atoms with van der Waals surface area (Å²) < 4.78 is 0. The van der Waals surface area contributed by atoms with E-state index in [1.54, 1.807) is 18.2 Å². The third-order valence-corrected chi connectivity index (χ3v) is 4.14. The molecule has 1 atom stereocenters. The largest absolute Gasteiger partial charge is 0.374 e. The van der Waals surface area contributed by atoms with E-state index in [2.05, 4.69) is 16.8 Å². The first-order chi connectivity index (χ1) is 9.51. The minimum atomic E-state index is -0.383. The highest BCUT2D eigenvalue weighted by atomic mass is 35.5. The lowest BCUT2D eigenvalue weighted by Gasteiger charge is -2.25. The van der Waals surface area contributed by atoms with Gasteiger partial charge < -0.3 is 9.80 Å². The lowest BCUT2D eigenvalue weighted by molar-refractivity contribution is -0.384. The summed E-state index contributed by atoms with van der Waals surface area (Å²) in [5.41, 5.74) is 1.90. The van der Waals surface area contributed by atoms with E-state index in [0.29, 0.717) is 5.92 Å². The number of nitro benzene ring substituents is 1. The predicted octanol–water partition coefficient (Wildman–Crippen LogP) is 2.72. The molecule has 0 saturated carbocycles. The first kappa shape index (κ1) is 15.1. The van der Waals surface area contributed by atoms with Gasteiger partial charge in [0.2, 0.25) is 0 Å². The van der Waals surface area contributed by atoms with E-state index < -0.39 is 0 Å². The summed E-state index contributed by atoms with van der Waals surface area (Å²) in [5, 5.41) is 10.8. The lowest BCUT2D eigenvalue weighted by Crippen LogP contribution is -2.27. The average Bonchev–Trinajstić information content (AvgIpc) is 2.83. The Morgan fingerprint density at radius 2 is 2.30 bits per heavy atom. The van der Waals surface area contributed by atoms with Crippen molar-refractivity contribution in [3.63, 3.8) is 0 Å². The highest BCUT2D eigenvalue weighted by molar-refractivity contribution is 6.17. The second kappa shape index (κ2) is 6.41. The van der Waals surface area contributed by atoms with Crippen LogP contribution in [-0.2, 0) is 5.88 Å². The van der Waals surface area contributed by atoms with Crippen LogP contribution < -0.4 is 4.90 Å². The number of anilines is 1. The zero-order valence-corrected chi connectivity index (χ0v) is 12.6. The van der Waals surface area contributed by atoms with Crippen LogP contribution in [0.4, 0.5) is 11.4 Å². The third-order valence-electron chi connectivity index (χ3n) is 3.85. The Hall–Kier alpha value is -1.33. The normalized spacial score (nSPS) is 19.2. The summed E-state index contributed by atoms with van der Waals surface area (Å²) in [5.74, 6) is 0.926. The van der Waals surface area contributed by atoms with Gasteiger partial charge in [0.25, 0.3) is 5.69 Å². The molecule has 6 heteroatoms. The highest BCUT2D eigenvalue weighted by Gasteiger charge is 2.22. The molecule has 1 aromatic carbocycles. The fourth-order valence-corrected chi connectivity index (χ4v) is 3.04. The molecule has 0 N–H and O–H groups in total. The van der Waals surface area contributed by atoms with Gasteiger partial charge in [0.15, 0.2) is 0 Å². The van der Waals surface area contributed by atoms with Crippen LogP contribution in [0.1, 0.15) is 12.0 Å². The number of hydrogen-bond donors (Lipinski definition) is 0. The number of benzene rings is 1. The number of nitrogens with zero attached hydrogens (tertiary/aromatic N) is 3. The number of hydrogen-bond acceptors (Lipinski definition) is 4. The Morgan fingerprint density at radius 1 is 1.55 bits per heavy atom. The Balaban J connectivity index is 2.12. The van der Waals surface area contributed by atoms with E-state index in [9.17, 15) is 10.1 Å². The zero-order chi connectivity index (χ0) is 14.7. The second-order valence-electron chi connectivity index (χ2n) is 5.50. The first-order valence-electron chi connectivity index (χ1n) is 6.74. The summed E-state index contributed by atoms with van der Waals surface area (Å²) in [6.07, 6.45) is 1.20. The Morgan fingerprint density at radius 3 is 2.85 bits per heavy atom. The minimum absolute atomic E-state index is 0.0957. The number of halogens is 1. The molecule has 1 aliphatic heterocycles. The van der Waals surface area contributed by atoms with Gasteiger partial charge in [-0.25, -0.2) is 0 Å². The number of alkyl halides is 1. The molecule has 1 fully saturated rings. The van der Waals surface area contributed by atoms with Crippen molar-refractivity contribution in [2.45, 2.75) is 12.3 Å². The molecule has 0 bridgehead atoms. The van der Waals surface area contributed by atoms with Crippen molar-refractivity contribution in [1.82, 2.24) is 4.90 Å². The van der Waals surface area contributed by atoms with Crippen LogP contribution in [0, 0.1) is 16.0 Å². The van der Waals surface area contributed by atoms with Gasteiger partial charge in [-0.3, -0.25) is 10.1 Å². The molecule has 0 aliphatic carbocycles. The van der Waals surface area contributed by atoms with E-state index in [-0.39, 0.29) is 16.5 Å². The van der Waals surface area contributed by atoms with Crippen LogP contribution in [-0.4, -0.2) is 43.6 Å². The van der Waals surface area contributed by atoms with Crippen molar-refractivity contribution in [2.24, 2.45) is 5.92 Å². The van der Waals surface area contributed by atoms with Crippen LogP contribution >= 0.6 is 11.6 Å². The molecule has 0 spiro atoms. The maximum Gasteiger partial charge on any atom is 0.269 e. The standard InChI is InChI=1S/C14H20ClN3O2/c1-16-6-5-11(9-16)10-17(2)14-4-3-13(18(19)20)7-12(14)8-15/h3-4,7,11H,5-6,8-10H2,1-2H3. The molecule has 1 unspecified atom stereocenters. The molecule has 110 valence electrons. The lowest BCUT2D eigenvalue weighted by atomic mass is 10.1. The second-order valence-corrected chi connectivity index (χ2v) is 5.77. The molecule has 1 aromatic rings. The van der Waals surface area contributed by atoms with Crippen LogP contribution in [0.25, 0.3) is 0 Å². The Bertz CT molecular complexity index is 495. The topological polar surface area (TPSA) is 49.6 Å². The molecule has 20 heavy (non-hydrogen) atoms. The fraction of sp³-hybridized carbons (Fsp3) is 0.571. The van der Waals surface area contributed by atoms with E-state index >= 15 is 0 Å². The molecule has 1 saturated heterocycles. The maximum atomic E-state index is 10.8. The van der Waals surface area contributed by atoms with Crippen molar-refractivity contribution < 1.29 is 4.92 Å². The molecule has 0 radical (unpaired) electrons. The van der Waals surface area contributed by atoms with Gasteiger partial charge in [0, 0.05) is 43.8 Å². The molecule has 5 nitrogen and oxygen atoms in total. The Kier molecular flexibility index (Phi) is 4.83. The maximum absolute atomic E-state index is 10.8. The van der Waals surface area contributed by atoms with E-state index in [1.807, 2.05) is 7.05 Å². The zero-order valence-electron chi connectivity index (χ0n) is 11.9. The first-order valence-corrected chi connectivity index (χ1v) is 7.27. The molecule has 1 aliphatic rings. The monoisotopic (exact) mass is 297 g/mol.